The number of tetrazole rings is 1. The van der Waals surface area contributed by atoms with Gasteiger partial charge in [0.2, 0.25) is 0 Å². The summed E-state index contributed by atoms with van der Waals surface area (Å²) < 4.78 is 6.18. The Balaban J connectivity index is 2.08. The number of carbonyl (C=O) groups is 3. The van der Waals surface area contributed by atoms with Crippen LogP contribution in [0.1, 0.15) is 11.4 Å². The van der Waals surface area contributed by atoms with Gasteiger partial charge in [-0.3, -0.25) is 10.1 Å². The topological polar surface area (TPSA) is 128 Å². The fourth-order valence-electron chi connectivity index (χ4n) is 1.94. The van der Waals surface area contributed by atoms with E-state index in [0.717, 1.165) is 0 Å². The van der Waals surface area contributed by atoms with Crippen molar-refractivity contribution in [1.29, 1.82) is 0 Å². The predicted octanol–water partition coefficient (Wildman–Crippen LogP) is 0.535. The molecule has 0 spiro atoms. The van der Waals surface area contributed by atoms with Crippen LogP contribution >= 0.6 is 0 Å². The number of benzene rings is 1. The van der Waals surface area contributed by atoms with Crippen molar-refractivity contribution >= 4 is 29.7 Å². The van der Waals surface area contributed by atoms with Gasteiger partial charge in [0.25, 0.3) is 5.91 Å². The molecule has 0 unspecified atom stereocenters. The molecule has 0 bridgehead atoms. The number of hydrogen-bond acceptors (Lipinski definition) is 7. The first-order chi connectivity index (χ1) is 13.0. The van der Waals surface area contributed by atoms with Crippen molar-refractivity contribution in [3.05, 3.63) is 54.4 Å². The van der Waals surface area contributed by atoms with Crippen LogP contribution < -0.4 is 10.6 Å². The number of aromatic nitrogens is 4. The summed E-state index contributed by atoms with van der Waals surface area (Å²) in [4.78, 5) is 35.6. The number of esters is 1. The summed E-state index contributed by atoms with van der Waals surface area (Å²) in [5.74, 6) is -1.24. The molecule has 1 aromatic carbocycles. The number of rotatable bonds is 7. The normalized spacial score (nSPS) is 10.8. The lowest BCUT2D eigenvalue weighted by atomic mass is 10.2. The van der Waals surface area contributed by atoms with Gasteiger partial charge in [-0.15, -0.1) is 11.7 Å². The zero-order valence-corrected chi connectivity index (χ0v) is 14.6. The fraction of sp³-hybridized carbons (Fsp3) is 0.176. The molecule has 10 heteroatoms. The van der Waals surface area contributed by atoms with Crippen molar-refractivity contribution in [2.45, 2.75) is 6.92 Å². The summed E-state index contributed by atoms with van der Waals surface area (Å²) >= 11 is 0. The monoisotopic (exact) mass is 370 g/mol. The Morgan fingerprint density at radius 1 is 1.26 bits per heavy atom. The van der Waals surface area contributed by atoms with E-state index < -0.39 is 24.5 Å². The van der Waals surface area contributed by atoms with Crippen LogP contribution in [0.25, 0.3) is 11.8 Å². The largest absolute Gasteiger partial charge is 0.451 e. The Kier molecular flexibility index (Phi) is 6.94. The maximum atomic E-state index is 12.5. The molecule has 0 aliphatic carbocycles. The number of ether oxygens (including phenoxy) is 1. The molecule has 0 saturated heterocycles. The molecule has 2 aromatic rings. The van der Waals surface area contributed by atoms with Crippen LogP contribution in [-0.2, 0) is 14.3 Å². The van der Waals surface area contributed by atoms with Crippen molar-refractivity contribution < 1.29 is 19.1 Å². The van der Waals surface area contributed by atoms with Gasteiger partial charge in [0.1, 0.15) is 0 Å². The molecule has 1 aromatic heterocycles. The lowest BCUT2D eigenvalue weighted by molar-refractivity contribution is -0.142. The Bertz CT molecular complexity index is 859. The average Bonchev–Trinajstić information content (AvgIpc) is 3.09. The number of nitrogens with zero attached hydrogens (tertiary/aromatic N) is 4. The minimum Gasteiger partial charge on any atom is -0.451 e. The summed E-state index contributed by atoms with van der Waals surface area (Å²) in [6, 6.07) is 8.28. The van der Waals surface area contributed by atoms with E-state index in [1.807, 2.05) is 11.4 Å². The van der Waals surface area contributed by atoms with E-state index in [1.165, 1.54) is 16.8 Å². The number of hydrogen-bond donors (Lipinski definition) is 2. The third kappa shape index (κ3) is 5.88. The van der Waals surface area contributed by atoms with Crippen LogP contribution in [-0.4, -0.2) is 51.3 Å². The molecule has 10 nitrogen and oxygen atoms in total. The number of amides is 3. The number of nitrogens with one attached hydrogen (secondary N) is 2. The Morgan fingerprint density at radius 3 is 2.63 bits per heavy atom. The van der Waals surface area contributed by atoms with Gasteiger partial charge in [-0.25, -0.2) is 9.59 Å². The van der Waals surface area contributed by atoms with Gasteiger partial charge in [0, 0.05) is 6.54 Å². The number of aryl methyl sites for hydroxylation is 1. The predicted molar refractivity (Wildman–Crippen MR) is 95.9 cm³/mol. The summed E-state index contributed by atoms with van der Waals surface area (Å²) in [6.45, 7) is 4.60. The maximum Gasteiger partial charge on any atom is 0.357 e. The van der Waals surface area contributed by atoms with Crippen molar-refractivity contribution in [2.75, 3.05) is 13.2 Å². The van der Waals surface area contributed by atoms with E-state index in [0.29, 0.717) is 11.4 Å². The van der Waals surface area contributed by atoms with Gasteiger partial charge in [-0.2, -0.15) is 4.68 Å². The second-order valence-electron chi connectivity index (χ2n) is 5.20. The van der Waals surface area contributed by atoms with Crippen LogP contribution in [0.5, 0.6) is 0 Å². The van der Waals surface area contributed by atoms with E-state index in [4.69, 9.17) is 4.74 Å². The highest BCUT2D eigenvalue weighted by molar-refractivity contribution is 6.15. The van der Waals surface area contributed by atoms with E-state index in [2.05, 4.69) is 27.4 Å². The SMILES string of the molecule is C=CCNC(=O)NC(=O)COC(=O)/C(=C/c1ccccc1)n1nnnc1C. The first-order valence-electron chi connectivity index (χ1n) is 7.89. The maximum absolute atomic E-state index is 12.5. The number of imide groups is 1. The Hall–Kier alpha value is -3.82. The van der Waals surface area contributed by atoms with Gasteiger partial charge in [0.15, 0.2) is 18.1 Å². The molecular weight excluding hydrogens is 352 g/mol. The van der Waals surface area contributed by atoms with Crippen LogP contribution in [0.2, 0.25) is 0 Å². The van der Waals surface area contributed by atoms with Crippen molar-refractivity contribution in [1.82, 2.24) is 30.8 Å². The lowest BCUT2D eigenvalue weighted by Crippen LogP contribution is -2.41. The van der Waals surface area contributed by atoms with Gasteiger partial charge in [0.05, 0.1) is 0 Å². The summed E-state index contributed by atoms with van der Waals surface area (Å²) in [5, 5.41) is 15.4. The van der Waals surface area contributed by atoms with Gasteiger partial charge in [-0.05, 0) is 29.0 Å². The van der Waals surface area contributed by atoms with Crippen molar-refractivity contribution in [2.24, 2.45) is 0 Å². The molecule has 140 valence electrons. The molecule has 0 aliphatic rings. The third-order valence-electron chi connectivity index (χ3n) is 3.16. The summed E-state index contributed by atoms with van der Waals surface area (Å²) in [6.07, 6.45) is 2.99. The molecule has 1 heterocycles. The molecule has 0 fully saturated rings. The van der Waals surface area contributed by atoms with Crippen LogP contribution in [0.3, 0.4) is 0 Å². The quantitative estimate of drug-likeness (QED) is 0.413. The molecule has 0 aliphatic heterocycles. The number of carbonyl (C=O) groups excluding carboxylic acids is 3. The highest BCUT2D eigenvalue weighted by atomic mass is 16.5. The zero-order valence-electron chi connectivity index (χ0n) is 14.6. The summed E-state index contributed by atoms with van der Waals surface area (Å²) in [5.41, 5.74) is 0.736. The van der Waals surface area contributed by atoms with Crippen LogP contribution in [0.4, 0.5) is 4.79 Å². The fourth-order valence-corrected chi connectivity index (χ4v) is 1.94. The highest BCUT2D eigenvalue weighted by Gasteiger charge is 2.19. The van der Waals surface area contributed by atoms with E-state index in [1.54, 1.807) is 31.2 Å². The molecule has 0 radical (unpaired) electrons. The molecule has 0 saturated carbocycles. The third-order valence-corrected chi connectivity index (χ3v) is 3.16. The minimum absolute atomic E-state index is 0.0209. The smallest absolute Gasteiger partial charge is 0.357 e. The lowest BCUT2D eigenvalue weighted by Gasteiger charge is -2.09. The second-order valence-corrected chi connectivity index (χ2v) is 5.20. The van der Waals surface area contributed by atoms with Gasteiger partial charge in [-0.1, -0.05) is 36.4 Å². The minimum atomic E-state index is -0.823. The van der Waals surface area contributed by atoms with Crippen LogP contribution in [0, 0.1) is 6.92 Å². The molecule has 2 N–H and O–H groups in total. The van der Waals surface area contributed by atoms with E-state index >= 15 is 0 Å². The Labute approximate surface area is 154 Å². The van der Waals surface area contributed by atoms with Crippen LogP contribution in [0.15, 0.2) is 43.0 Å². The van der Waals surface area contributed by atoms with Gasteiger partial charge < -0.3 is 10.1 Å². The van der Waals surface area contributed by atoms with E-state index in [-0.39, 0.29) is 12.2 Å². The molecule has 27 heavy (non-hydrogen) atoms. The second kappa shape index (κ2) is 9.61. The Morgan fingerprint density at radius 2 is 2.00 bits per heavy atom. The van der Waals surface area contributed by atoms with Crippen molar-refractivity contribution in [3.8, 4) is 0 Å². The molecule has 3 amide bonds. The van der Waals surface area contributed by atoms with Crippen molar-refractivity contribution in [3.63, 3.8) is 0 Å². The average molecular weight is 370 g/mol. The number of urea groups is 1. The first-order valence-corrected chi connectivity index (χ1v) is 7.89. The summed E-state index contributed by atoms with van der Waals surface area (Å²) in [7, 11) is 0. The molecule has 2 rings (SSSR count). The zero-order chi connectivity index (χ0) is 19.6. The standard InChI is InChI=1S/C17H18N6O4/c1-3-9-18-17(26)19-15(24)11-27-16(25)14(23-12(2)20-21-22-23)10-13-7-5-4-6-8-13/h3-8,10H,1,9,11H2,2H3,(H2,18,19,24,26)/b14-10-. The van der Waals surface area contributed by atoms with E-state index in [9.17, 15) is 14.4 Å². The highest BCUT2D eigenvalue weighted by Crippen LogP contribution is 2.13. The molecular formula is C17H18N6O4. The molecule has 0 atom stereocenters. The first kappa shape index (κ1) is 19.5. The van der Waals surface area contributed by atoms with Gasteiger partial charge >= 0.3 is 12.0 Å².